The Balaban J connectivity index is 1.17. The van der Waals surface area contributed by atoms with Crippen LogP contribution in [0.1, 0.15) is 30.9 Å². The molecule has 1 saturated heterocycles. The third-order valence-electron chi connectivity index (χ3n) is 7.13. The van der Waals surface area contributed by atoms with Crippen LogP contribution in [0.4, 0.5) is 0 Å². The van der Waals surface area contributed by atoms with Crippen LogP contribution in [0.5, 0.6) is 17.2 Å². The van der Waals surface area contributed by atoms with Gasteiger partial charge in [-0.05, 0) is 43.2 Å². The molecule has 1 fully saturated rings. The van der Waals surface area contributed by atoms with Gasteiger partial charge in [-0.25, -0.2) is 0 Å². The largest absolute Gasteiger partial charge is 0.493 e. The first-order valence-electron chi connectivity index (χ1n) is 13.5. The van der Waals surface area contributed by atoms with Crippen molar-refractivity contribution in [2.45, 2.75) is 44.7 Å². The number of hydrogen-bond donors (Lipinski definition) is 1. The molecule has 208 valence electrons. The van der Waals surface area contributed by atoms with Crippen molar-refractivity contribution < 1.29 is 28.1 Å². The molecule has 1 aliphatic heterocycles. The normalized spacial score (nSPS) is 18.6. The molecule has 3 aromatic carbocycles. The lowest BCUT2D eigenvalue weighted by Gasteiger charge is -2.34. The van der Waals surface area contributed by atoms with Crippen LogP contribution in [0, 0.1) is 11.8 Å². The summed E-state index contributed by atoms with van der Waals surface area (Å²) < 4.78 is 34.7. The highest BCUT2D eigenvalue weighted by Crippen LogP contribution is 2.38. The first kappa shape index (κ1) is 27.6. The molecule has 0 aliphatic carbocycles. The molecule has 4 aromatic rings. The van der Waals surface area contributed by atoms with Gasteiger partial charge in [-0.1, -0.05) is 54.3 Å². The van der Waals surface area contributed by atoms with E-state index in [1.807, 2.05) is 66.7 Å². The molecule has 5 rings (SSSR count). The van der Waals surface area contributed by atoms with E-state index in [9.17, 15) is 0 Å². The maximum absolute atomic E-state index is 6.17. The van der Waals surface area contributed by atoms with Crippen LogP contribution in [-0.4, -0.2) is 46.4 Å². The van der Waals surface area contributed by atoms with E-state index in [0.29, 0.717) is 23.8 Å². The first-order valence-corrected chi connectivity index (χ1v) is 13.5. The summed E-state index contributed by atoms with van der Waals surface area (Å²) in [5.41, 5.74) is 3.73. The lowest BCUT2D eigenvalue weighted by Crippen LogP contribution is -2.46. The Labute approximate surface area is 235 Å². The lowest BCUT2D eigenvalue weighted by molar-refractivity contribution is -0.190. The highest BCUT2D eigenvalue weighted by atomic mass is 16.7. The Morgan fingerprint density at radius 3 is 2.33 bits per heavy atom. The van der Waals surface area contributed by atoms with Crippen LogP contribution in [0.2, 0.25) is 0 Å². The van der Waals surface area contributed by atoms with E-state index in [2.05, 4.69) is 24.1 Å². The Bertz CT molecular complexity index is 1460. The quantitative estimate of drug-likeness (QED) is 0.254. The molecular weight excluding hydrogens is 506 g/mol. The zero-order chi connectivity index (χ0) is 27.9. The van der Waals surface area contributed by atoms with E-state index in [1.54, 1.807) is 21.3 Å². The Hall–Kier alpha value is -3.96. The summed E-state index contributed by atoms with van der Waals surface area (Å²) in [6.07, 6.45) is 1.39. The number of rotatable bonds is 9. The molecule has 0 unspecified atom stereocenters. The van der Waals surface area contributed by atoms with Crippen LogP contribution in [-0.2, 0) is 16.0 Å². The third kappa shape index (κ3) is 6.10. The van der Waals surface area contributed by atoms with E-state index in [-0.39, 0.29) is 25.0 Å². The number of nitrogens with one attached hydrogen (secondary N) is 1. The maximum Gasteiger partial charge on any atom is 0.203 e. The summed E-state index contributed by atoms with van der Waals surface area (Å²) in [6.45, 7) is 2.99. The molecule has 0 bridgehead atoms. The van der Waals surface area contributed by atoms with E-state index in [1.165, 1.54) is 0 Å². The molecule has 0 saturated carbocycles. The van der Waals surface area contributed by atoms with Gasteiger partial charge >= 0.3 is 0 Å². The number of methoxy groups -OCH3 is 3. The zero-order valence-corrected chi connectivity index (χ0v) is 23.4. The predicted octanol–water partition coefficient (Wildman–Crippen LogP) is 6.18. The Morgan fingerprint density at radius 2 is 1.62 bits per heavy atom. The summed E-state index contributed by atoms with van der Waals surface area (Å²) >= 11 is 0. The van der Waals surface area contributed by atoms with E-state index in [0.717, 1.165) is 46.3 Å². The fourth-order valence-electron chi connectivity index (χ4n) is 5.05. The fourth-order valence-corrected chi connectivity index (χ4v) is 5.05. The Morgan fingerprint density at radius 1 is 0.900 bits per heavy atom. The van der Waals surface area contributed by atoms with Gasteiger partial charge in [0.1, 0.15) is 12.2 Å². The molecule has 2 heterocycles. The van der Waals surface area contributed by atoms with Gasteiger partial charge in [0.15, 0.2) is 23.5 Å². The number of furan rings is 1. The van der Waals surface area contributed by atoms with Gasteiger partial charge in [0.25, 0.3) is 0 Å². The monoisotopic (exact) mass is 541 g/mol. The minimum atomic E-state index is -0.293. The SMILES string of the molecule is COc1cc(CN[C@H]2CC[C@H](OCC#Cc3c(-c4ccccc4)oc4ccccc34)O[C@H]2C)cc(OC)c1OC. The van der Waals surface area contributed by atoms with Gasteiger partial charge in [0.2, 0.25) is 5.75 Å². The molecule has 7 heteroatoms. The summed E-state index contributed by atoms with van der Waals surface area (Å²) in [4.78, 5) is 0. The van der Waals surface area contributed by atoms with Gasteiger partial charge in [-0.2, -0.15) is 0 Å². The molecule has 40 heavy (non-hydrogen) atoms. The average Bonchev–Trinajstić information content (AvgIpc) is 3.37. The number of fused-ring (bicyclic) bond motifs is 1. The maximum atomic E-state index is 6.17. The van der Waals surface area contributed by atoms with Crippen molar-refractivity contribution in [3.63, 3.8) is 0 Å². The van der Waals surface area contributed by atoms with Gasteiger partial charge in [0.05, 0.1) is 33.0 Å². The minimum absolute atomic E-state index is 0.0174. The number of para-hydroxylation sites is 1. The lowest BCUT2D eigenvalue weighted by atomic mass is 10.0. The van der Waals surface area contributed by atoms with Crippen molar-refractivity contribution in [1.29, 1.82) is 0 Å². The molecule has 1 N–H and O–H groups in total. The van der Waals surface area contributed by atoms with Crippen molar-refractivity contribution in [2.24, 2.45) is 0 Å². The van der Waals surface area contributed by atoms with E-state index < -0.39 is 0 Å². The zero-order valence-electron chi connectivity index (χ0n) is 23.4. The van der Waals surface area contributed by atoms with Gasteiger partial charge in [-0.15, -0.1) is 0 Å². The summed E-state index contributed by atoms with van der Waals surface area (Å²) in [6, 6.07) is 22.1. The van der Waals surface area contributed by atoms with Crippen LogP contribution in [0.3, 0.4) is 0 Å². The molecular formula is C33H35NO6. The van der Waals surface area contributed by atoms with Crippen LogP contribution >= 0.6 is 0 Å². The smallest absolute Gasteiger partial charge is 0.203 e. The van der Waals surface area contributed by atoms with Crippen molar-refractivity contribution in [3.05, 3.63) is 77.9 Å². The summed E-state index contributed by atoms with van der Waals surface area (Å²) in [5.74, 6) is 9.11. The standard InChI is InChI=1S/C33H35NO6/c1-22-27(34-21-23-19-29(35-2)33(37-4)30(20-23)36-3)16-17-31(39-22)38-18-10-14-26-25-13-8-9-15-28(25)40-32(26)24-11-6-5-7-12-24/h5-9,11-13,15,19-20,22,27,31,34H,16-18,21H2,1-4H3/t22-,27-,31+/m0/s1. The molecule has 1 aromatic heterocycles. The van der Waals surface area contributed by atoms with Crippen molar-refractivity contribution in [2.75, 3.05) is 27.9 Å². The predicted molar refractivity (Wildman–Crippen MR) is 155 cm³/mol. The van der Waals surface area contributed by atoms with Crippen LogP contribution in [0.15, 0.2) is 71.1 Å². The number of ether oxygens (including phenoxy) is 5. The van der Waals surface area contributed by atoms with Crippen molar-refractivity contribution >= 4 is 11.0 Å². The number of hydrogen-bond acceptors (Lipinski definition) is 7. The molecule has 1 aliphatic rings. The van der Waals surface area contributed by atoms with Gasteiger partial charge < -0.3 is 33.4 Å². The summed E-state index contributed by atoms with van der Waals surface area (Å²) in [7, 11) is 4.84. The first-order chi connectivity index (χ1) is 19.6. The molecule has 0 spiro atoms. The van der Waals surface area contributed by atoms with Crippen LogP contribution < -0.4 is 19.5 Å². The van der Waals surface area contributed by atoms with Gasteiger partial charge in [0, 0.05) is 30.0 Å². The van der Waals surface area contributed by atoms with Crippen LogP contribution in [0.25, 0.3) is 22.3 Å². The van der Waals surface area contributed by atoms with E-state index in [4.69, 9.17) is 28.1 Å². The number of benzene rings is 3. The molecule has 3 atom stereocenters. The van der Waals surface area contributed by atoms with Crippen molar-refractivity contribution in [3.8, 4) is 40.4 Å². The minimum Gasteiger partial charge on any atom is -0.493 e. The van der Waals surface area contributed by atoms with E-state index >= 15 is 0 Å². The highest BCUT2D eigenvalue weighted by Gasteiger charge is 2.28. The highest BCUT2D eigenvalue weighted by molar-refractivity contribution is 5.91. The topological polar surface area (TPSA) is 71.3 Å². The fraction of sp³-hybridized carbons (Fsp3) is 0.333. The third-order valence-corrected chi connectivity index (χ3v) is 7.13. The second-order valence-corrected chi connectivity index (χ2v) is 9.65. The average molecular weight is 542 g/mol. The second kappa shape index (κ2) is 12.9. The molecule has 0 amide bonds. The second-order valence-electron chi connectivity index (χ2n) is 9.65. The summed E-state index contributed by atoms with van der Waals surface area (Å²) in [5, 5.41) is 4.60. The molecule has 0 radical (unpaired) electrons. The van der Waals surface area contributed by atoms with Gasteiger partial charge in [-0.3, -0.25) is 0 Å². The van der Waals surface area contributed by atoms with Crippen molar-refractivity contribution in [1.82, 2.24) is 5.32 Å². The molecule has 7 nitrogen and oxygen atoms in total. The Kier molecular flexibility index (Phi) is 8.92.